The molecule has 2 heterocycles. The molecular weight excluding hydrogens is 352 g/mol. The number of amides is 2. The number of benzene rings is 1. The van der Waals surface area contributed by atoms with Gasteiger partial charge in [-0.05, 0) is 51.2 Å². The number of likely N-dealkylation sites (tertiary alicyclic amines) is 1. The van der Waals surface area contributed by atoms with Crippen molar-refractivity contribution in [2.24, 2.45) is 5.92 Å². The third-order valence-electron chi connectivity index (χ3n) is 5.79. The summed E-state index contributed by atoms with van der Waals surface area (Å²) < 4.78 is 1.98. The number of carbonyl (C=O) groups is 2. The van der Waals surface area contributed by atoms with E-state index < -0.39 is 0 Å². The van der Waals surface area contributed by atoms with Gasteiger partial charge in [-0.15, -0.1) is 0 Å². The van der Waals surface area contributed by atoms with Crippen LogP contribution in [0.1, 0.15) is 64.7 Å². The lowest BCUT2D eigenvalue weighted by Gasteiger charge is -2.27. The maximum atomic E-state index is 12.9. The number of piperidine rings is 1. The summed E-state index contributed by atoms with van der Waals surface area (Å²) in [7, 11) is 0. The highest BCUT2D eigenvalue weighted by Gasteiger charge is 2.24. The Balaban J connectivity index is 1.86. The van der Waals surface area contributed by atoms with Crippen LogP contribution in [0, 0.1) is 5.92 Å². The molecule has 152 valence electrons. The smallest absolute Gasteiger partial charge is 0.242 e. The van der Waals surface area contributed by atoms with Crippen LogP contribution in [-0.2, 0) is 16.1 Å². The van der Waals surface area contributed by atoms with E-state index in [9.17, 15) is 9.59 Å². The van der Waals surface area contributed by atoms with Gasteiger partial charge in [0.05, 0.1) is 17.1 Å². The average molecular weight is 385 g/mol. The van der Waals surface area contributed by atoms with E-state index in [1.54, 1.807) is 0 Å². The second-order valence-corrected chi connectivity index (χ2v) is 7.73. The van der Waals surface area contributed by atoms with Gasteiger partial charge in [0.15, 0.2) is 0 Å². The average Bonchev–Trinajstić information content (AvgIpc) is 3.08. The monoisotopic (exact) mass is 384 g/mol. The number of aromatic nitrogens is 2. The van der Waals surface area contributed by atoms with E-state index in [-0.39, 0.29) is 30.3 Å². The zero-order valence-corrected chi connectivity index (χ0v) is 17.3. The highest BCUT2D eigenvalue weighted by Crippen LogP contribution is 2.22. The molecule has 1 aromatic carbocycles. The van der Waals surface area contributed by atoms with Gasteiger partial charge in [-0.25, -0.2) is 4.98 Å². The number of nitrogens with one attached hydrogen (secondary N) is 1. The van der Waals surface area contributed by atoms with Gasteiger partial charge in [0.2, 0.25) is 11.8 Å². The Hall–Kier alpha value is -2.37. The molecule has 1 saturated heterocycles. The number of imidazole rings is 1. The van der Waals surface area contributed by atoms with Crippen molar-refractivity contribution in [1.29, 1.82) is 0 Å². The van der Waals surface area contributed by atoms with Crippen molar-refractivity contribution in [3.8, 4) is 0 Å². The maximum absolute atomic E-state index is 12.9. The number of hydrogen-bond donors (Lipinski definition) is 1. The number of fused-ring (bicyclic) bond motifs is 1. The van der Waals surface area contributed by atoms with E-state index in [0.29, 0.717) is 0 Å². The first kappa shape index (κ1) is 20.4. The zero-order valence-electron chi connectivity index (χ0n) is 17.3. The molecule has 2 aromatic rings. The Bertz CT molecular complexity index is 819. The van der Waals surface area contributed by atoms with Crippen molar-refractivity contribution in [3.05, 3.63) is 30.1 Å². The van der Waals surface area contributed by atoms with Crippen LogP contribution in [0.4, 0.5) is 0 Å². The number of hydrogen-bond acceptors (Lipinski definition) is 3. The van der Waals surface area contributed by atoms with Crippen LogP contribution in [0.3, 0.4) is 0 Å². The Labute approximate surface area is 167 Å². The quantitative estimate of drug-likeness (QED) is 0.792. The van der Waals surface area contributed by atoms with E-state index in [2.05, 4.69) is 5.32 Å². The molecule has 1 unspecified atom stereocenters. The molecule has 1 atom stereocenters. The van der Waals surface area contributed by atoms with Gasteiger partial charge in [-0.3, -0.25) is 9.59 Å². The largest absolute Gasteiger partial charge is 0.346 e. The Morgan fingerprint density at radius 3 is 2.46 bits per heavy atom. The summed E-state index contributed by atoms with van der Waals surface area (Å²) in [6.45, 7) is 7.95. The van der Waals surface area contributed by atoms with Crippen LogP contribution in [0.5, 0.6) is 0 Å². The van der Waals surface area contributed by atoms with Crippen LogP contribution < -0.4 is 5.32 Å². The second-order valence-electron chi connectivity index (χ2n) is 7.73. The fourth-order valence-corrected chi connectivity index (χ4v) is 4.02. The molecule has 28 heavy (non-hydrogen) atoms. The maximum Gasteiger partial charge on any atom is 0.242 e. The molecule has 1 aliphatic rings. The molecule has 1 aromatic heterocycles. The first-order valence-corrected chi connectivity index (χ1v) is 10.6. The molecule has 1 aliphatic heterocycles. The lowest BCUT2D eigenvalue weighted by atomic mass is 10.0. The molecule has 3 rings (SSSR count). The van der Waals surface area contributed by atoms with E-state index in [4.69, 9.17) is 4.98 Å². The minimum Gasteiger partial charge on any atom is -0.346 e. The lowest BCUT2D eigenvalue weighted by Crippen LogP contribution is -2.39. The number of nitrogens with zero attached hydrogens (tertiary/aromatic N) is 3. The number of rotatable bonds is 7. The lowest BCUT2D eigenvalue weighted by molar-refractivity contribution is -0.132. The van der Waals surface area contributed by atoms with Crippen molar-refractivity contribution >= 4 is 22.8 Å². The summed E-state index contributed by atoms with van der Waals surface area (Å²) in [6.07, 6.45) is 4.98. The fraction of sp³-hybridized carbons (Fsp3) is 0.591. The van der Waals surface area contributed by atoms with Gasteiger partial charge >= 0.3 is 0 Å². The second kappa shape index (κ2) is 9.22. The molecule has 1 N–H and O–H groups in total. The molecule has 0 spiro atoms. The van der Waals surface area contributed by atoms with Gasteiger partial charge in [-0.2, -0.15) is 0 Å². The Morgan fingerprint density at radius 2 is 1.79 bits per heavy atom. The predicted octanol–water partition coefficient (Wildman–Crippen LogP) is 3.66. The molecule has 0 saturated carbocycles. The summed E-state index contributed by atoms with van der Waals surface area (Å²) >= 11 is 0. The molecule has 6 nitrogen and oxygen atoms in total. The van der Waals surface area contributed by atoms with Gasteiger partial charge in [0.25, 0.3) is 0 Å². The number of carbonyl (C=O) groups excluding carboxylic acids is 2. The molecule has 0 radical (unpaired) electrons. The van der Waals surface area contributed by atoms with Crippen molar-refractivity contribution < 1.29 is 9.59 Å². The van der Waals surface area contributed by atoms with Crippen molar-refractivity contribution in [1.82, 2.24) is 19.8 Å². The normalized spacial score (nSPS) is 15.8. The summed E-state index contributed by atoms with van der Waals surface area (Å²) in [5, 5.41) is 3.11. The highest BCUT2D eigenvalue weighted by atomic mass is 16.2. The number of para-hydroxylation sites is 2. The molecule has 0 bridgehead atoms. The van der Waals surface area contributed by atoms with Crippen molar-refractivity contribution in [3.63, 3.8) is 0 Å². The van der Waals surface area contributed by atoms with Crippen LogP contribution in [-0.4, -0.2) is 39.4 Å². The fourth-order valence-electron chi connectivity index (χ4n) is 4.02. The van der Waals surface area contributed by atoms with E-state index >= 15 is 0 Å². The SMILES string of the molecule is CCC(CC)C(=O)NC(C)c1nc2ccccc2n1CC(=O)N1CCCCC1. The summed E-state index contributed by atoms with van der Waals surface area (Å²) in [6, 6.07) is 7.60. The van der Waals surface area contributed by atoms with Crippen LogP contribution >= 0.6 is 0 Å². The van der Waals surface area contributed by atoms with E-state index in [0.717, 1.165) is 55.6 Å². The van der Waals surface area contributed by atoms with Crippen molar-refractivity contribution in [2.75, 3.05) is 13.1 Å². The van der Waals surface area contributed by atoms with Gasteiger partial charge in [0, 0.05) is 19.0 Å². The minimum absolute atomic E-state index is 0.00950. The molecular formula is C22H32N4O2. The highest BCUT2D eigenvalue weighted by molar-refractivity contribution is 5.82. The summed E-state index contributed by atoms with van der Waals surface area (Å²) in [5.41, 5.74) is 1.79. The van der Waals surface area contributed by atoms with Crippen LogP contribution in [0.25, 0.3) is 11.0 Å². The molecule has 1 fully saturated rings. The topological polar surface area (TPSA) is 67.2 Å². The van der Waals surface area contributed by atoms with Crippen molar-refractivity contribution in [2.45, 2.75) is 65.5 Å². The van der Waals surface area contributed by atoms with Crippen LogP contribution in [0.15, 0.2) is 24.3 Å². The van der Waals surface area contributed by atoms with E-state index in [1.807, 2.05) is 54.5 Å². The van der Waals surface area contributed by atoms with Gasteiger partial charge in [-0.1, -0.05) is 26.0 Å². The van der Waals surface area contributed by atoms with Crippen LogP contribution in [0.2, 0.25) is 0 Å². The Kier molecular flexibility index (Phi) is 6.70. The van der Waals surface area contributed by atoms with E-state index in [1.165, 1.54) is 6.42 Å². The third-order valence-corrected chi connectivity index (χ3v) is 5.79. The Morgan fingerprint density at radius 1 is 1.11 bits per heavy atom. The first-order chi connectivity index (χ1) is 13.5. The van der Waals surface area contributed by atoms with Gasteiger partial charge in [0.1, 0.15) is 12.4 Å². The molecule has 0 aliphatic carbocycles. The molecule has 2 amide bonds. The minimum atomic E-state index is -0.255. The standard InChI is InChI=1S/C22H32N4O2/c1-4-17(5-2)22(28)23-16(3)21-24-18-11-7-8-12-19(18)26(21)15-20(27)25-13-9-6-10-14-25/h7-8,11-12,16-17H,4-6,9-10,13-15H2,1-3H3,(H,23,28). The predicted molar refractivity (Wildman–Crippen MR) is 111 cm³/mol. The molecule has 6 heteroatoms. The zero-order chi connectivity index (χ0) is 20.1. The van der Waals surface area contributed by atoms with Gasteiger partial charge < -0.3 is 14.8 Å². The third kappa shape index (κ3) is 4.37. The summed E-state index contributed by atoms with van der Waals surface area (Å²) in [5.74, 6) is 0.933. The first-order valence-electron chi connectivity index (χ1n) is 10.6. The summed E-state index contributed by atoms with van der Waals surface area (Å²) in [4.78, 5) is 32.2.